The van der Waals surface area contributed by atoms with Crippen LogP contribution in [0, 0.1) is 25.2 Å². The zero-order valence-electron chi connectivity index (χ0n) is 18.1. The Bertz CT molecular complexity index is 1220. The summed E-state index contributed by atoms with van der Waals surface area (Å²) in [5.41, 5.74) is 5.82. The Morgan fingerprint density at radius 2 is 2.03 bits per heavy atom. The molecule has 8 heteroatoms. The molecular formula is C23H23N5O3. The lowest BCUT2D eigenvalue weighted by molar-refractivity contribution is 0.322. The van der Waals surface area contributed by atoms with Crippen LogP contribution in [-0.2, 0) is 0 Å². The summed E-state index contributed by atoms with van der Waals surface area (Å²) < 4.78 is 17.4. The molecule has 0 amide bonds. The Hall–Kier alpha value is -3.86. The molecule has 0 aliphatic carbocycles. The number of nitrogens with one attached hydrogen (secondary N) is 1. The number of benzene rings is 1. The standard InChI is InChI=1S/C23H23N5O3/c1-6-30-22-20-19(16-8-7-15(10-24)9-17(16)29-5)18(23-28-27-14(4)31-23)13(3)26-21(20)12(2)11-25-22/h7-9,11,19,26H,6H2,1-5H3. The van der Waals surface area contributed by atoms with E-state index >= 15 is 0 Å². The monoisotopic (exact) mass is 417 g/mol. The lowest BCUT2D eigenvalue weighted by Crippen LogP contribution is -2.20. The van der Waals surface area contributed by atoms with Gasteiger partial charge in [-0.2, -0.15) is 5.26 Å². The molecule has 0 spiro atoms. The summed E-state index contributed by atoms with van der Waals surface area (Å²) in [5, 5.41) is 21.2. The lowest BCUT2D eigenvalue weighted by Gasteiger charge is -2.32. The Morgan fingerprint density at radius 3 is 2.68 bits per heavy atom. The van der Waals surface area contributed by atoms with Crippen molar-refractivity contribution in [2.45, 2.75) is 33.6 Å². The van der Waals surface area contributed by atoms with Crippen LogP contribution >= 0.6 is 0 Å². The molecule has 31 heavy (non-hydrogen) atoms. The first-order valence-electron chi connectivity index (χ1n) is 9.97. The molecule has 1 aliphatic rings. The van der Waals surface area contributed by atoms with E-state index < -0.39 is 0 Å². The van der Waals surface area contributed by atoms with E-state index in [-0.39, 0.29) is 5.92 Å². The highest BCUT2D eigenvalue weighted by Gasteiger charge is 2.37. The summed E-state index contributed by atoms with van der Waals surface area (Å²) in [5.74, 6) is 1.64. The highest BCUT2D eigenvalue weighted by Crippen LogP contribution is 2.51. The second-order valence-corrected chi connectivity index (χ2v) is 7.26. The molecule has 1 unspecified atom stereocenters. The summed E-state index contributed by atoms with van der Waals surface area (Å²) in [6.45, 7) is 8.12. The van der Waals surface area contributed by atoms with Crippen LogP contribution in [0.2, 0.25) is 0 Å². The van der Waals surface area contributed by atoms with Crippen LogP contribution < -0.4 is 14.8 Å². The van der Waals surface area contributed by atoms with Crippen LogP contribution in [-0.4, -0.2) is 28.9 Å². The average Bonchev–Trinajstić information content (AvgIpc) is 3.20. The van der Waals surface area contributed by atoms with Gasteiger partial charge in [-0.05, 0) is 38.5 Å². The van der Waals surface area contributed by atoms with Gasteiger partial charge < -0.3 is 19.2 Å². The summed E-state index contributed by atoms with van der Waals surface area (Å²) in [6, 6.07) is 7.56. The predicted octanol–water partition coefficient (Wildman–Crippen LogP) is 4.35. The number of aromatic nitrogens is 3. The van der Waals surface area contributed by atoms with E-state index in [9.17, 15) is 5.26 Å². The van der Waals surface area contributed by atoms with Crippen LogP contribution in [0.4, 0.5) is 5.69 Å². The molecule has 158 valence electrons. The summed E-state index contributed by atoms with van der Waals surface area (Å²) in [6.07, 6.45) is 1.79. The van der Waals surface area contributed by atoms with E-state index in [0.29, 0.717) is 35.6 Å². The minimum absolute atomic E-state index is 0.354. The van der Waals surface area contributed by atoms with Crippen molar-refractivity contribution in [1.29, 1.82) is 5.26 Å². The molecule has 4 rings (SSSR count). The molecule has 0 fully saturated rings. The van der Waals surface area contributed by atoms with Gasteiger partial charge in [-0.25, -0.2) is 4.98 Å². The summed E-state index contributed by atoms with van der Waals surface area (Å²) in [4.78, 5) is 4.56. The first kappa shape index (κ1) is 20.4. The zero-order valence-corrected chi connectivity index (χ0v) is 18.1. The van der Waals surface area contributed by atoms with Gasteiger partial charge in [0.25, 0.3) is 0 Å². The van der Waals surface area contributed by atoms with Crippen LogP contribution in [0.25, 0.3) is 5.57 Å². The van der Waals surface area contributed by atoms with E-state index in [1.165, 1.54) is 0 Å². The number of allylic oxidation sites excluding steroid dienone is 2. The topological polar surface area (TPSA) is 106 Å². The lowest BCUT2D eigenvalue weighted by atomic mass is 9.79. The van der Waals surface area contributed by atoms with E-state index in [0.717, 1.165) is 33.6 Å². The fourth-order valence-corrected chi connectivity index (χ4v) is 3.93. The molecule has 0 saturated heterocycles. The van der Waals surface area contributed by atoms with Crippen LogP contribution in [0.1, 0.15) is 53.8 Å². The number of nitriles is 1. The summed E-state index contributed by atoms with van der Waals surface area (Å²) >= 11 is 0. The molecule has 3 aromatic rings. The minimum atomic E-state index is -0.354. The van der Waals surface area contributed by atoms with Gasteiger partial charge in [0.2, 0.25) is 17.7 Å². The maximum atomic E-state index is 9.35. The maximum absolute atomic E-state index is 9.35. The molecule has 3 heterocycles. The van der Waals surface area contributed by atoms with Gasteiger partial charge in [-0.1, -0.05) is 6.07 Å². The first-order valence-corrected chi connectivity index (χ1v) is 9.97. The van der Waals surface area contributed by atoms with Crippen molar-refractivity contribution >= 4 is 11.3 Å². The molecule has 1 atom stereocenters. The maximum Gasteiger partial charge on any atom is 0.246 e. The fraction of sp³-hybridized carbons (Fsp3) is 0.304. The minimum Gasteiger partial charge on any atom is -0.496 e. The molecule has 1 aromatic carbocycles. The summed E-state index contributed by atoms with van der Waals surface area (Å²) in [7, 11) is 1.59. The largest absolute Gasteiger partial charge is 0.496 e. The normalized spacial score (nSPS) is 15.2. The molecular weight excluding hydrogens is 394 g/mol. The van der Waals surface area contributed by atoms with E-state index in [4.69, 9.17) is 13.9 Å². The Morgan fingerprint density at radius 1 is 1.23 bits per heavy atom. The van der Waals surface area contributed by atoms with Crippen molar-refractivity contribution in [2.24, 2.45) is 0 Å². The smallest absolute Gasteiger partial charge is 0.246 e. The van der Waals surface area contributed by atoms with E-state index in [2.05, 4.69) is 26.6 Å². The number of nitrogens with zero attached hydrogens (tertiary/aromatic N) is 4. The van der Waals surface area contributed by atoms with Crippen molar-refractivity contribution in [1.82, 2.24) is 15.2 Å². The average molecular weight is 417 g/mol. The predicted molar refractivity (Wildman–Crippen MR) is 115 cm³/mol. The van der Waals surface area contributed by atoms with Crippen molar-refractivity contribution in [3.63, 3.8) is 0 Å². The second-order valence-electron chi connectivity index (χ2n) is 7.26. The van der Waals surface area contributed by atoms with Gasteiger partial charge in [0.05, 0.1) is 42.5 Å². The fourth-order valence-electron chi connectivity index (χ4n) is 3.93. The van der Waals surface area contributed by atoms with Crippen molar-refractivity contribution < 1.29 is 13.9 Å². The molecule has 0 radical (unpaired) electrons. The van der Waals surface area contributed by atoms with Crippen LogP contribution in [0.15, 0.2) is 34.5 Å². The number of ether oxygens (including phenoxy) is 2. The molecule has 2 aromatic heterocycles. The van der Waals surface area contributed by atoms with E-state index in [1.807, 2.05) is 26.8 Å². The van der Waals surface area contributed by atoms with Crippen LogP contribution in [0.5, 0.6) is 11.6 Å². The Balaban J connectivity index is 2.06. The molecule has 1 aliphatic heterocycles. The van der Waals surface area contributed by atoms with Crippen molar-refractivity contribution in [3.05, 3.63) is 64.1 Å². The van der Waals surface area contributed by atoms with E-state index in [1.54, 1.807) is 32.4 Å². The molecule has 0 saturated carbocycles. The van der Waals surface area contributed by atoms with Crippen molar-refractivity contribution in [2.75, 3.05) is 19.0 Å². The van der Waals surface area contributed by atoms with Gasteiger partial charge in [-0.3, -0.25) is 0 Å². The molecule has 0 bridgehead atoms. The number of pyridine rings is 1. The Kier molecular flexibility index (Phi) is 5.34. The number of aryl methyl sites for hydroxylation is 2. The van der Waals surface area contributed by atoms with Crippen LogP contribution in [0.3, 0.4) is 0 Å². The number of rotatable bonds is 5. The number of hydrogen-bond acceptors (Lipinski definition) is 8. The number of methoxy groups -OCH3 is 1. The Labute approximate surface area is 180 Å². The van der Waals surface area contributed by atoms with Crippen molar-refractivity contribution in [3.8, 4) is 17.7 Å². The highest BCUT2D eigenvalue weighted by molar-refractivity contribution is 5.85. The van der Waals surface area contributed by atoms with Gasteiger partial charge in [0.15, 0.2) is 0 Å². The number of fused-ring (bicyclic) bond motifs is 1. The third-order valence-electron chi connectivity index (χ3n) is 5.27. The van der Waals surface area contributed by atoms with Gasteiger partial charge in [0.1, 0.15) is 5.75 Å². The quantitative estimate of drug-likeness (QED) is 0.653. The van der Waals surface area contributed by atoms with Gasteiger partial charge in [-0.15, -0.1) is 10.2 Å². The number of anilines is 1. The molecule has 8 nitrogen and oxygen atoms in total. The SMILES string of the molecule is CCOc1ncc(C)c2c1C(c1ccc(C#N)cc1OC)C(c1nnc(C)o1)=C(C)N2. The van der Waals surface area contributed by atoms with Gasteiger partial charge >= 0.3 is 0 Å². The second kappa shape index (κ2) is 8.11. The third-order valence-corrected chi connectivity index (χ3v) is 5.27. The first-order chi connectivity index (χ1) is 15.0. The zero-order chi connectivity index (χ0) is 22.1. The third kappa shape index (κ3) is 3.48. The number of hydrogen-bond donors (Lipinski definition) is 1. The molecule has 1 N–H and O–H groups in total. The van der Waals surface area contributed by atoms with Gasteiger partial charge in [0, 0.05) is 30.0 Å². The highest BCUT2D eigenvalue weighted by atomic mass is 16.5.